The summed E-state index contributed by atoms with van der Waals surface area (Å²) in [5.74, 6) is 0.201. The third kappa shape index (κ3) is 5.58. The molecule has 2 aromatic carbocycles. The van der Waals surface area contributed by atoms with Gasteiger partial charge in [0.15, 0.2) is 0 Å². The van der Waals surface area contributed by atoms with Gasteiger partial charge in [-0.15, -0.1) is 0 Å². The molecule has 188 valence electrons. The molecule has 0 saturated heterocycles. The zero-order valence-electron chi connectivity index (χ0n) is 20.8. The average molecular weight is 491 g/mol. The zero-order valence-corrected chi connectivity index (χ0v) is 20.8. The van der Waals surface area contributed by atoms with Crippen LogP contribution in [0.2, 0.25) is 0 Å². The number of hydrogen-bond donors (Lipinski definition) is 2. The molecule has 0 spiro atoms. The Balaban J connectivity index is 1.80. The highest BCUT2D eigenvalue weighted by molar-refractivity contribution is 5.95. The lowest BCUT2D eigenvalue weighted by Gasteiger charge is -2.28. The van der Waals surface area contributed by atoms with E-state index in [1.54, 1.807) is 11.6 Å². The minimum atomic E-state index is -0.771. The highest BCUT2D eigenvalue weighted by atomic mass is 16.6. The lowest BCUT2D eigenvalue weighted by atomic mass is 9.94. The molecule has 4 rings (SSSR count). The van der Waals surface area contributed by atoms with Crippen LogP contribution >= 0.6 is 0 Å². The number of ether oxygens (including phenoxy) is 3. The Hall–Kier alpha value is -4.11. The van der Waals surface area contributed by atoms with Gasteiger partial charge in [0, 0.05) is 30.1 Å². The molecule has 1 aromatic heterocycles. The Kier molecular flexibility index (Phi) is 7.70. The maximum absolute atomic E-state index is 13.1. The van der Waals surface area contributed by atoms with Crippen LogP contribution in [0.5, 0.6) is 5.75 Å². The second-order valence-electron chi connectivity index (χ2n) is 8.60. The first kappa shape index (κ1) is 25.0. The van der Waals surface area contributed by atoms with E-state index >= 15 is 0 Å². The summed E-state index contributed by atoms with van der Waals surface area (Å²) in [5, 5.41) is 10.4. The number of esters is 1. The molecule has 1 unspecified atom stereocenters. The van der Waals surface area contributed by atoms with Crippen molar-refractivity contribution in [3.05, 3.63) is 77.6 Å². The van der Waals surface area contributed by atoms with E-state index in [2.05, 4.69) is 10.6 Å². The number of allylic oxidation sites excluding steroid dienone is 1. The highest BCUT2D eigenvalue weighted by Gasteiger charge is 2.35. The number of benzene rings is 2. The molecule has 0 aliphatic carbocycles. The van der Waals surface area contributed by atoms with Crippen molar-refractivity contribution in [2.45, 2.75) is 32.9 Å². The lowest BCUT2D eigenvalue weighted by molar-refractivity contribution is -0.140. The van der Waals surface area contributed by atoms with Gasteiger partial charge >= 0.3 is 12.0 Å². The second-order valence-corrected chi connectivity index (χ2v) is 8.60. The summed E-state index contributed by atoms with van der Waals surface area (Å²) < 4.78 is 17.9. The summed E-state index contributed by atoms with van der Waals surface area (Å²) in [6.07, 6.45) is 1.88. The second kappa shape index (κ2) is 11.1. The van der Waals surface area contributed by atoms with E-state index < -0.39 is 18.0 Å². The van der Waals surface area contributed by atoms with Crippen molar-refractivity contribution in [2.24, 2.45) is 0 Å². The van der Waals surface area contributed by atoms with Gasteiger partial charge in [0.1, 0.15) is 12.4 Å². The van der Waals surface area contributed by atoms with Crippen LogP contribution in [0.1, 0.15) is 32.4 Å². The normalized spacial score (nSPS) is 15.5. The van der Waals surface area contributed by atoms with Crippen molar-refractivity contribution in [1.82, 2.24) is 20.4 Å². The quantitative estimate of drug-likeness (QED) is 0.345. The van der Waals surface area contributed by atoms with Crippen molar-refractivity contribution in [3.8, 4) is 22.7 Å². The number of nitrogens with zero attached hydrogens (tertiary/aromatic N) is 2. The summed E-state index contributed by atoms with van der Waals surface area (Å²) in [6.45, 7) is 5.98. The van der Waals surface area contributed by atoms with Crippen LogP contribution in [-0.2, 0) is 14.3 Å². The van der Waals surface area contributed by atoms with Crippen LogP contribution in [0.3, 0.4) is 0 Å². The molecule has 0 saturated carbocycles. The summed E-state index contributed by atoms with van der Waals surface area (Å²) in [5.41, 5.74) is 3.66. The molecule has 0 fully saturated rings. The highest BCUT2D eigenvalue weighted by Crippen LogP contribution is 2.35. The number of methoxy groups -OCH3 is 1. The number of carbonyl (C=O) groups is 2. The fraction of sp³-hybridized carbons (Fsp3) is 0.296. The first-order valence-corrected chi connectivity index (χ1v) is 11.7. The number of aromatic nitrogens is 2. The van der Waals surface area contributed by atoms with Crippen molar-refractivity contribution >= 4 is 12.0 Å². The Morgan fingerprint density at radius 2 is 1.81 bits per heavy atom. The average Bonchev–Trinajstić information content (AvgIpc) is 3.30. The zero-order chi connectivity index (χ0) is 25.7. The smallest absolute Gasteiger partial charge is 0.338 e. The number of urea groups is 1. The minimum Gasteiger partial charge on any atom is -0.491 e. The molecule has 2 amide bonds. The Morgan fingerprint density at radius 3 is 2.47 bits per heavy atom. The van der Waals surface area contributed by atoms with Gasteiger partial charge < -0.3 is 24.8 Å². The van der Waals surface area contributed by atoms with Crippen molar-refractivity contribution in [2.75, 3.05) is 20.3 Å². The number of nitrogens with one attached hydrogen (secondary N) is 2. The monoisotopic (exact) mass is 490 g/mol. The van der Waals surface area contributed by atoms with E-state index in [1.807, 2.05) is 74.6 Å². The standard InChI is InChI=1S/C27H30N4O5/c1-17(2)36-21-12-10-19(11-13-21)24-22(16-31(30-24)20-8-6-5-7-9-20)25-23(18(3)28-27(33)29-25)26(32)35-15-14-34-4/h5-13,16-17,25H,14-15H2,1-4H3,(H2,28,29,33). The predicted molar refractivity (Wildman–Crippen MR) is 135 cm³/mol. The van der Waals surface area contributed by atoms with E-state index in [0.29, 0.717) is 22.5 Å². The lowest BCUT2D eigenvalue weighted by Crippen LogP contribution is -2.45. The maximum atomic E-state index is 13.1. The minimum absolute atomic E-state index is 0.0495. The van der Waals surface area contributed by atoms with Crippen LogP contribution in [0.15, 0.2) is 72.1 Å². The van der Waals surface area contributed by atoms with Gasteiger partial charge in [0.05, 0.1) is 35.7 Å². The van der Waals surface area contributed by atoms with Gasteiger partial charge in [-0.2, -0.15) is 5.10 Å². The number of hydrogen-bond acceptors (Lipinski definition) is 6. The van der Waals surface area contributed by atoms with E-state index in [9.17, 15) is 9.59 Å². The number of amides is 2. The van der Waals surface area contributed by atoms with Crippen LogP contribution in [0, 0.1) is 0 Å². The molecular formula is C27H30N4O5. The van der Waals surface area contributed by atoms with E-state index in [-0.39, 0.29) is 19.3 Å². The van der Waals surface area contributed by atoms with Gasteiger partial charge in [-0.3, -0.25) is 0 Å². The van der Waals surface area contributed by atoms with Crippen molar-refractivity contribution < 1.29 is 23.8 Å². The topological polar surface area (TPSA) is 104 Å². The van der Waals surface area contributed by atoms with E-state index in [0.717, 1.165) is 17.0 Å². The molecule has 0 radical (unpaired) electrons. The molecule has 1 atom stereocenters. The first-order chi connectivity index (χ1) is 17.4. The van der Waals surface area contributed by atoms with Crippen molar-refractivity contribution in [3.63, 3.8) is 0 Å². The van der Waals surface area contributed by atoms with Gasteiger partial charge in [-0.05, 0) is 57.2 Å². The third-order valence-electron chi connectivity index (χ3n) is 5.58. The molecular weight excluding hydrogens is 460 g/mol. The molecule has 9 heteroatoms. The summed E-state index contributed by atoms with van der Waals surface area (Å²) in [7, 11) is 1.53. The van der Waals surface area contributed by atoms with E-state index in [4.69, 9.17) is 19.3 Å². The fourth-order valence-corrected chi connectivity index (χ4v) is 3.99. The fourth-order valence-electron chi connectivity index (χ4n) is 3.99. The number of para-hydroxylation sites is 1. The summed E-state index contributed by atoms with van der Waals surface area (Å²) >= 11 is 0. The molecule has 36 heavy (non-hydrogen) atoms. The largest absolute Gasteiger partial charge is 0.491 e. The maximum Gasteiger partial charge on any atom is 0.338 e. The van der Waals surface area contributed by atoms with Crippen LogP contribution < -0.4 is 15.4 Å². The Labute approximate surface area is 210 Å². The summed E-state index contributed by atoms with van der Waals surface area (Å²) in [4.78, 5) is 25.6. The van der Waals surface area contributed by atoms with Gasteiger partial charge in [0.25, 0.3) is 0 Å². The Morgan fingerprint density at radius 1 is 1.08 bits per heavy atom. The number of rotatable bonds is 9. The summed E-state index contributed by atoms with van der Waals surface area (Å²) in [6, 6.07) is 16.0. The van der Waals surface area contributed by atoms with Crippen LogP contribution in [-0.4, -0.2) is 48.2 Å². The SMILES string of the molecule is COCCOC(=O)C1=C(C)NC(=O)NC1c1cn(-c2ccccc2)nc1-c1ccc(OC(C)C)cc1. The van der Waals surface area contributed by atoms with Gasteiger partial charge in [0.2, 0.25) is 0 Å². The van der Waals surface area contributed by atoms with E-state index in [1.165, 1.54) is 7.11 Å². The molecule has 1 aliphatic rings. The third-order valence-corrected chi connectivity index (χ3v) is 5.58. The molecule has 2 N–H and O–H groups in total. The molecule has 1 aliphatic heterocycles. The van der Waals surface area contributed by atoms with Crippen LogP contribution in [0.4, 0.5) is 4.79 Å². The van der Waals surface area contributed by atoms with Gasteiger partial charge in [-0.1, -0.05) is 18.2 Å². The Bertz CT molecular complexity index is 1250. The van der Waals surface area contributed by atoms with Crippen LogP contribution in [0.25, 0.3) is 16.9 Å². The molecule has 0 bridgehead atoms. The molecule has 9 nitrogen and oxygen atoms in total. The molecule has 3 aromatic rings. The predicted octanol–water partition coefficient (Wildman–Crippen LogP) is 4.14. The number of carbonyl (C=O) groups excluding carboxylic acids is 2. The molecule has 2 heterocycles. The van der Waals surface area contributed by atoms with Crippen molar-refractivity contribution in [1.29, 1.82) is 0 Å². The van der Waals surface area contributed by atoms with Gasteiger partial charge in [-0.25, -0.2) is 14.3 Å². The first-order valence-electron chi connectivity index (χ1n) is 11.7.